The van der Waals surface area contributed by atoms with Crippen molar-refractivity contribution in [1.29, 1.82) is 0 Å². The van der Waals surface area contributed by atoms with Crippen LogP contribution in [0.2, 0.25) is 0 Å². The molecule has 0 aliphatic rings. The lowest BCUT2D eigenvalue weighted by Gasteiger charge is -2.11. The number of amides is 1. The number of hydrogen-bond acceptors (Lipinski definition) is 3. The molecule has 4 nitrogen and oxygen atoms in total. The van der Waals surface area contributed by atoms with Gasteiger partial charge in [0.15, 0.2) is 0 Å². The molecular formula is C16H11F6NO3. The summed E-state index contributed by atoms with van der Waals surface area (Å²) in [5.41, 5.74) is -0.931. The Balaban J connectivity index is 1.83. The molecule has 0 unspecified atom stereocenters. The number of halogens is 6. The smallest absolute Gasteiger partial charge is 0.492 e. The van der Waals surface area contributed by atoms with E-state index in [1.165, 1.54) is 12.1 Å². The van der Waals surface area contributed by atoms with Crippen molar-refractivity contribution in [3.63, 3.8) is 0 Å². The van der Waals surface area contributed by atoms with Crippen LogP contribution in [0.3, 0.4) is 0 Å². The van der Waals surface area contributed by atoms with Crippen LogP contribution < -0.4 is 14.8 Å². The second kappa shape index (κ2) is 7.98. The molecule has 26 heavy (non-hydrogen) atoms. The Hall–Kier alpha value is -2.91. The highest BCUT2D eigenvalue weighted by atomic mass is 19.4. The van der Waals surface area contributed by atoms with Crippen LogP contribution in [0.25, 0.3) is 0 Å². The van der Waals surface area contributed by atoms with E-state index in [0.717, 1.165) is 12.1 Å². The van der Waals surface area contributed by atoms with E-state index in [1.807, 2.05) is 0 Å². The van der Waals surface area contributed by atoms with E-state index in [2.05, 4.69) is 10.1 Å². The molecule has 0 spiro atoms. The number of nitrogens with one attached hydrogen (secondary N) is 1. The Labute approximate surface area is 143 Å². The van der Waals surface area contributed by atoms with E-state index in [9.17, 15) is 31.1 Å². The van der Waals surface area contributed by atoms with Gasteiger partial charge in [0.25, 0.3) is 5.91 Å². The van der Waals surface area contributed by atoms with Crippen LogP contribution >= 0.6 is 0 Å². The third-order valence-electron chi connectivity index (χ3n) is 2.95. The highest BCUT2D eigenvalue weighted by Gasteiger charge is 2.31. The molecule has 2 aromatic rings. The highest BCUT2D eigenvalue weighted by molar-refractivity contribution is 5.94. The standard InChI is InChI=1S/C16H11F6NO3/c17-9-7-12(18)14(13(19)8-9)15(24)23-5-6-25-10-1-3-11(4-2-10)26-16(20,21)22/h1-4,7-8H,5-6H2,(H,23,24). The van der Waals surface area contributed by atoms with Gasteiger partial charge < -0.3 is 14.8 Å². The van der Waals surface area contributed by atoms with Crippen LogP contribution in [-0.2, 0) is 0 Å². The van der Waals surface area contributed by atoms with Crippen LogP contribution in [0, 0.1) is 17.5 Å². The fourth-order valence-corrected chi connectivity index (χ4v) is 1.92. The predicted octanol–water partition coefficient (Wildman–Crippen LogP) is 3.81. The zero-order chi connectivity index (χ0) is 19.3. The van der Waals surface area contributed by atoms with Crippen LogP contribution in [0.5, 0.6) is 11.5 Å². The van der Waals surface area contributed by atoms with Crippen molar-refractivity contribution in [3.8, 4) is 11.5 Å². The first kappa shape index (κ1) is 19.4. The summed E-state index contributed by atoms with van der Waals surface area (Å²) in [6.07, 6.45) is -4.81. The van der Waals surface area contributed by atoms with Gasteiger partial charge in [0.05, 0.1) is 6.54 Å². The van der Waals surface area contributed by atoms with Gasteiger partial charge >= 0.3 is 6.36 Å². The quantitative estimate of drug-likeness (QED) is 0.613. The topological polar surface area (TPSA) is 47.6 Å². The maximum absolute atomic E-state index is 13.4. The Morgan fingerprint density at radius 3 is 2.04 bits per heavy atom. The van der Waals surface area contributed by atoms with Gasteiger partial charge in [-0.3, -0.25) is 4.79 Å². The Kier molecular flexibility index (Phi) is 5.96. The molecule has 0 fully saturated rings. The summed E-state index contributed by atoms with van der Waals surface area (Å²) in [5.74, 6) is -5.19. The summed E-state index contributed by atoms with van der Waals surface area (Å²) in [7, 11) is 0. The lowest BCUT2D eigenvalue weighted by molar-refractivity contribution is -0.274. The second-order valence-corrected chi connectivity index (χ2v) is 4.87. The van der Waals surface area contributed by atoms with Crippen LogP contribution in [-0.4, -0.2) is 25.4 Å². The molecule has 0 radical (unpaired) electrons. The first-order chi connectivity index (χ1) is 12.2. The predicted molar refractivity (Wildman–Crippen MR) is 77.3 cm³/mol. The van der Waals surface area contributed by atoms with Crippen molar-refractivity contribution < 1.29 is 40.6 Å². The van der Waals surface area contributed by atoms with Crippen LogP contribution in [0.4, 0.5) is 26.3 Å². The van der Waals surface area contributed by atoms with Crippen molar-refractivity contribution in [2.75, 3.05) is 13.2 Å². The molecule has 0 heterocycles. The molecule has 2 aromatic carbocycles. The average Bonchev–Trinajstić information content (AvgIpc) is 2.50. The summed E-state index contributed by atoms with van der Waals surface area (Å²) in [5, 5.41) is 2.17. The molecule has 0 aromatic heterocycles. The maximum Gasteiger partial charge on any atom is 0.573 e. The van der Waals surface area contributed by atoms with E-state index in [4.69, 9.17) is 4.74 Å². The van der Waals surface area contributed by atoms with Crippen molar-refractivity contribution in [1.82, 2.24) is 5.32 Å². The number of ether oxygens (including phenoxy) is 2. The van der Waals surface area contributed by atoms with Crippen LogP contribution in [0.1, 0.15) is 10.4 Å². The zero-order valence-corrected chi connectivity index (χ0v) is 12.9. The lowest BCUT2D eigenvalue weighted by Crippen LogP contribution is -2.29. The number of carbonyl (C=O) groups is 1. The number of benzene rings is 2. The number of alkyl halides is 3. The number of hydrogen-bond donors (Lipinski definition) is 1. The van der Waals surface area contributed by atoms with E-state index < -0.39 is 41.0 Å². The minimum Gasteiger partial charge on any atom is -0.492 e. The lowest BCUT2D eigenvalue weighted by atomic mass is 10.2. The van der Waals surface area contributed by atoms with E-state index in [1.54, 1.807) is 0 Å². The SMILES string of the molecule is O=C(NCCOc1ccc(OC(F)(F)F)cc1)c1c(F)cc(F)cc1F. The van der Waals surface area contributed by atoms with E-state index >= 15 is 0 Å². The molecule has 0 aliphatic carbocycles. The largest absolute Gasteiger partial charge is 0.573 e. The van der Waals surface area contributed by atoms with Gasteiger partial charge in [-0.05, 0) is 24.3 Å². The van der Waals surface area contributed by atoms with Crippen molar-refractivity contribution >= 4 is 5.91 Å². The summed E-state index contributed by atoms with van der Waals surface area (Å²) >= 11 is 0. The third-order valence-corrected chi connectivity index (χ3v) is 2.95. The first-order valence-corrected chi connectivity index (χ1v) is 7.07. The molecule has 0 saturated heterocycles. The number of carbonyl (C=O) groups excluding carboxylic acids is 1. The zero-order valence-electron chi connectivity index (χ0n) is 12.9. The van der Waals surface area contributed by atoms with Crippen LogP contribution in [0.15, 0.2) is 36.4 Å². The first-order valence-electron chi connectivity index (χ1n) is 7.07. The molecule has 0 bridgehead atoms. The molecule has 0 aliphatic heterocycles. The van der Waals surface area contributed by atoms with Gasteiger partial charge in [-0.15, -0.1) is 13.2 Å². The van der Waals surface area contributed by atoms with Gasteiger partial charge in [0, 0.05) is 12.1 Å². The molecule has 10 heteroatoms. The van der Waals surface area contributed by atoms with Crippen molar-refractivity contribution in [2.45, 2.75) is 6.36 Å². The fourth-order valence-electron chi connectivity index (χ4n) is 1.92. The second-order valence-electron chi connectivity index (χ2n) is 4.87. The summed E-state index contributed by atoms with van der Waals surface area (Å²) in [4.78, 5) is 11.7. The van der Waals surface area contributed by atoms with Gasteiger partial charge in [-0.25, -0.2) is 13.2 Å². The monoisotopic (exact) mass is 379 g/mol. The minimum absolute atomic E-state index is 0.129. The molecule has 1 N–H and O–H groups in total. The molecule has 0 atom stereocenters. The van der Waals surface area contributed by atoms with E-state index in [-0.39, 0.29) is 18.9 Å². The maximum atomic E-state index is 13.4. The van der Waals surface area contributed by atoms with E-state index in [0.29, 0.717) is 12.1 Å². The fraction of sp³-hybridized carbons (Fsp3) is 0.188. The average molecular weight is 379 g/mol. The van der Waals surface area contributed by atoms with Gasteiger partial charge in [0.2, 0.25) is 0 Å². The highest BCUT2D eigenvalue weighted by Crippen LogP contribution is 2.24. The summed E-state index contributed by atoms with van der Waals surface area (Å²) in [6.45, 7) is -0.286. The van der Waals surface area contributed by atoms with Gasteiger partial charge in [-0.2, -0.15) is 0 Å². The Morgan fingerprint density at radius 1 is 0.962 bits per heavy atom. The summed E-state index contributed by atoms with van der Waals surface area (Å²) in [6, 6.07) is 5.23. The Morgan fingerprint density at radius 2 is 1.50 bits per heavy atom. The third kappa shape index (κ3) is 5.57. The van der Waals surface area contributed by atoms with Crippen molar-refractivity contribution in [2.24, 2.45) is 0 Å². The van der Waals surface area contributed by atoms with Crippen molar-refractivity contribution in [3.05, 3.63) is 59.4 Å². The molecule has 1 amide bonds. The molecule has 2 rings (SSSR count). The molecule has 0 saturated carbocycles. The molecule has 140 valence electrons. The van der Waals surface area contributed by atoms with Gasteiger partial charge in [-0.1, -0.05) is 0 Å². The minimum atomic E-state index is -4.81. The molecular weight excluding hydrogens is 368 g/mol. The summed E-state index contributed by atoms with van der Waals surface area (Å²) < 4.78 is 84.5. The van der Waals surface area contributed by atoms with Gasteiger partial charge in [0.1, 0.15) is 41.1 Å². The normalized spacial score (nSPS) is 11.2. The Bertz CT molecular complexity index is 754. The number of rotatable bonds is 6.